The molecule has 0 radical (unpaired) electrons. The van der Waals surface area contributed by atoms with Crippen molar-refractivity contribution < 1.29 is 27.4 Å². The van der Waals surface area contributed by atoms with E-state index in [0.717, 1.165) is 0 Å². The van der Waals surface area contributed by atoms with Gasteiger partial charge in [-0.25, -0.2) is 13.2 Å². The van der Waals surface area contributed by atoms with Crippen LogP contribution in [0.2, 0.25) is 5.02 Å². The number of fused-ring (bicyclic) bond motifs is 6. The third-order valence-corrected chi connectivity index (χ3v) is 7.38. The van der Waals surface area contributed by atoms with Crippen LogP contribution in [0.1, 0.15) is 21.5 Å². The van der Waals surface area contributed by atoms with Gasteiger partial charge in [-0.2, -0.15) is 5.26 Å². The molecule has 34 heavy (non-hydrogen) atoms. The van der Waals surface area contributed by atoms with E-state index in [4.69, 9.17) is 25.8 Å². The highest BCUT2D eigenvalue weighted by Gasteiger charge is 2.27. The number of esters is 1. The number of nitriles is 1. The molecule has 0 atom stereocenters. The Hall–Kier alpha value is -3.26. The fraction of sp³-hybridized carbons (Fsp3) is 0.130. The normalized spacial score (nSPS) is 14.1. The Morgan fingerprint density at radius 3 is 2.50 bits per heavy atom. The molecule has 0 fully saturated rings. The zero-order chi connectivity index (χ0) is 24.6. The maximum Gasteiger partial charge on any atom is 0.338 e. The quantitative estimate of drug-likeness (QED) is 0.430. The fourth-order valence-electron chi connectivity index (χ4n) is 3.58. The van der Waals surface area contributed by atoms with Gasteiger partial charge in [-0.05, 0) is 69.0 Å². The lowest BCUT2D eigenvalue weighted by atomic mass is 9.97. The molecule has 0 amide bonds. The van der Waals surface area contributed by atoms with Crippen LogP contribution in [-0.4, -0.2) is 28.6 Å². The molecule has 0 saturated carbocycles. The molecule has 8 nitrogen and oxygen atoms in total. The average Bonchev–Trinajstić information content (AvgIpc) is 2.81. The van der Waals surface area contributed by atoms with Crippen molar-refractivity contribution in [3.63, 3.8) is 0 Å². The fourth-order valence-corrected chi connectivity index (χ4v) is 5.90. The van der Waals surface area contributed by atoms with Gasteiger partial charge >= 0.3 is 5.97 Å². The second-order valence-electron chi connectivity index (χ2n) is 7.19. The Balaban J connectivity index is 2.05. The summed E-state index contributed by atoms with van der Waals surface area (Å²) in [6.07, 6.45) is 0. The monoisotopic (exact) mass is 562 g/mol. The molecule has 3 aromatic carbocycles. The molecular weight excluding hydrogens is 548 g/mol. The predicted molar refractivity (Wildman–Crippen MR) is 129 cm³/mol. The number of anilines is 1. The van der Waals surface area contributed by atoms with E-state index < -0.39 is 16.0 Å². The number of sulfonamides is 1. The van der Waals surface area contributed by atoms with Crippen molar-refractivity contribution in [1.29, 1.82) is 5.26 Å². The van der Waals surface area contributed by atoms with E-state index in [1.807, 2.05) is 0 Å². The van der Waals surface area contributed by atoms with Crippen LogP contribution in [0.3, 0.4) is 0 Å². The Labute approximate surface area is 209 Å². The molecule has 0 saturated heterocycles. The SMILES string of the molecule is COc1c(Cl)cc2cc1NS(=O)(=O)c1cc(cc(Br)c1OC)C(=O)OCc1ccc(C#N)cc1-2. The van der Waals surface area contributed by atoms with Crippen LogP contribution in [0.25, 0.3) is 11.1 Å². The van der Waals surface area contributed by atoms with Crippen molar-refractivity contribution in [2.24, 2.45) is 0 Å². The largest absolute Gasteiger partial charge is 0.494 e. The summed E-state index contributed by atoms with van der Waals surface area (Å²) < 4.78 is 45.7. The third-order valence-electron chi connectivity index (χ3n) is 5.14. The molecule has 1 heterocycles. The molecule has 4 bridgehead atoms. The van der Waals surface area contributed by atoms with Gasteiger partial charge in [0, 0.05) is 0 Å². The lowest BCUT2D eigenvalue weighted by Crippen LogP contribution is -2.16. The molecule has 4 rings (SSSR count). The molecule has 0 unspecified atom stereocenters. The van der Waals surface area contributed by atoms with E-state index in [2.05, 4.69) is 26.7 Å². The number of halogens is 2. The molecule has 1 N–H and O–H groups in total. The maximum atomic E-state index is 13.4. The zero-order valence-corrected chi connectivity index (χ0v) is 21.0. The Morgan fingerprint density at radius 2 is 1.82 bits per heavy atom. The highest BCUT2D eigenvalue weighted by molar-refractivity contribution is 9.10. The molecule has 1 aliphatic rings. The molecule has 0 aromatic heterocycles. The topological polar surface area (TPSA) is 115 Å². The smallest absolute Gasteiger partial charge is 0.338 e. The van der Waals surface area contributed by atoms with Gasteiger partial charge in [0.1, 0.15) is 11.5 Å². The molecule has 1 aliphatic heterocycles. The first kappa shape index (κ1) is 23.9. The first-order chi connectivity index (χ1) is 16.2. The third kappa shape index (κ3) is 4.30. The van der Waals surface area contributed by atoms with Crippen LogP contribution >= 0.6 is 27.5 Å². The Morgan fingerprint density at radius 1 is 1.09 bits per heavy atom. The predicted octanol–water partition coefficient (Wildman–Crippen LogP) is 5.13. The Kier molecular flexibility index (Phi) is 6.45. The number of methoxy groups -OCH3 is 2. The van der Waals surface area contributed by atoms with Crippen molar-refractivity contribution in [3.05, 3.63) is 68.7 Å². The van der Waals surface area contributed by atoms with Crippen LogP contribution in [0.15, 0.2) is 51.8 Å². The van der Waals surface area contributed by atoms with Gasteiger partial charge in [0.2, 0.25) is 0 Å². The number of cyclic esters (lactones) is 1. The second kappa shape index (κ2) is 9.18. The van der Waals surface area contributed by atoms with E-state index in [1.165, 1.54) is 32.4 Å². The van der Waals surface area contributed by atoms with Crippen molar-refractivity contribution in [2.45, 2.75) is 11.5 Å². The summed E-state index contributed by atoms with van der Waals surface area (Å²) >= 11 is 9.70. The first-order valence-electron chi connectivity index (χ1n) is 9.67. The number of ether oxygens (including phenoxy) is 3. The van der Waals surface area contributed by atoms with E-state index in [9.17, 15) is 18.5 Å². The van der Waals surface area contributed by atoms with Gasteiger partial charge in [0.25, 0.3) is 10.0 Å². The molecular formula is C23H16BrClN2O6S. The van der Waals surface area contributed by atoms with Crippen LogP contribution in [-0.2, 0) is 21.4 Å². The van der Waals surface area contributed by atoms with Crippen LogP contribution in [0.5, 0.6) is 11.5 Å². The van der Waals surface area contributed by atoms with Gasteiger partial charge in [-0.1, -0.05) is 17.7 Å². The molecule has 11 heteroatoms. The lowest BCUT2D eigenvalue weighted by molar-refractivity contribution is 0.0473. The maximum absolute atomic E-state index is 13.4. The number of hydrogen-bond acceptors (Lipinski definition) is 7. The molecule has 174 valence electrons. The van der Waals surface area contributed by atoms with E-state index >= 15 is 0 Å². The van der Waals surface area contributed by atoms with Crippen LogP contribution in [0.4, 0.5) is 5.69 Å². The summed E-state index contributed by atoms with van der Waals surface area (Å²) in [5, 5.41) is 9.51. The summed E-state index contributed by atoms with van der Waals surface area (Å²) in [4.78, 5) is 12.5. The number of carbonyl (C=O) groups is 1. The average molecular weight is 564 g/mol. The number of nitrogens with zero attached hydrogens (tertiary/aromatic N) is 1. The second-order valence-corrected chi connectivity index (χ2v) is 10.1. The number of carbonyl (C=O) groups excluding carboxylic acids is 1. The van der Waals surface area contributed by atoms with Crippen molar-refractivity contribution in [1.82, 2.24) is 0 Å². The standard InChI is InChI=1S/C23H16BrClN2O6S/c1-31-21-17(24)6-15-9-20(21)34(29,30)27-19-8-14(7-18(25)22(19)32-2)16-5-12(10-26)3-4-13(16)11-33-23(15)28/h3-9,27H,11H2,1-2H3. The molecule has 0 aliphatic carbocycles. The minimum atomic E-state index is -4.29. The number of benzene rings is 3. The van der Waals surface area contributed by atoms with Gasteiger partial charge in [0.15, 0.2) is 11.5 Å². The van der Waals surface area contributed by atoms with Gasteiger partial charge in [0.05, 0.1) is 46.6 Å². The number of hydrogen-bond donors (Lipinski definition) is 1. The van der Waals surface area contributed by atoms with Gasteiger partial charge < -0.3 is 14.2 Å². The molecule has 0 spiro atoms. The van der Waals surface area contributed by atoms with Crippen LogP contribution < -0.4 is 14.2 Å². The van der Waals surface area contributed by atoms with E-state index in [0.29, 0.717) is 22.3 Å². The number of nitrogens with one attached hydrogen (secondary N) is 1. The highest BCUT2D eigenvalue weighted by Crippen LogP contribution is 2.42. The van der Waals surface area contributed by atoms with Crippen molar-refractivity contribution in [2.75, 3.05) is 18.9 Å². The van der Waals surface area contributed by atoms with Gasteiger partial charge in [-0.15, -0.1) is 0 Å². The summed E-state index contributed by atoms with van der Waals surface area (Å²) in [7, 11) is -1.62. The lowest BCUT2D eigenvalue weighted by Gasteiger charge is -2.17. The number of rotatable bonds is 2. The summed E-state index contributed by atoms with van der Waals surface area (Å²) in [5.74, 6) is -0.637. The van der Waals surface area contributed by atoms with Crippen LogP contribution in [0, 0.1) is 11.3 Å². The van der Waals surface area contributed by atoms with E-state index in [1.54, 1.807) is 24.3 Å². The van der Waals surface area contributed by atoms with Gasteiger partial charge in [-0.3, -0.25) is 4.72 Å². The zero-order valence-electron chi connectivity index (χ0n) is 17.8. The van der Waals surface area contributed by atoms with E-state index in [-0.39, 0.29) is 43.7 Å². The van der Waals surface area contributed by atoms with Crippen molar-refractivity contribution >= 4 is 49.2 Å². The molecule has 3 aromatic rings. The summed E-state index contributed by atoms with van der Waals surface area (Å²) in [5.41, 5.74) is 2.05. The Bertz CT molecular complexity index is 1480. The summed E-state index contributed by atoms with van der Waals surface area (Å²) in [6.45, 7) is -0.127. The summed E-state index contributed by atoms with van der Waals surface area (Å²) in [6, 6.07) is 12.6. The van der Waals surface area contributed by atoms with Crippen molar-refractivity contribution in [3.8, 4) is 28.7 Å². The first-order valence-corrected chi connectivity index (χ1v) is 12.3. The minimum Gasteiger partial charge on any atom is -0.494 e. The minimum absolute atomic E-state index is 0.000742. The highest BCUT2D eigenvalue weighted by atomic mass is 79.9.